The minimum Gasteiger partial charge on any atom is -0.380 e. The second-order valence-electron chi connectivity index (χ2n) is 5.67. The molecule has 0 amide bonds. The number of ether oxygens (including phenoxy) is 1. The van der Waals surface area contributed by atoms with Crippen molar-refractivity contribution >= 4 is 0 Å². The molecule has 0 unspecified atom stereocenters. The van der Waals surface area contributed by atoms with Gasteiger partial charge in [0.05, 0.1) is 6.61 Å². The van der Waals surface area contributed by atoms with Gasteiger partial charge < -0.3 is 15.0 Å². The average Bonchev–Trinajstić information content (AvgIpc) is 2.95. The molecule has 1 aliphatic rings. The largest absolute Gasteiger partial charge is 0.380 e. The Kier molecular flexibility index (Phi) is 5.73. The van der Waals surface area contributed by atoms with Gasteiger partial charge in [-0.05, 0) is 46.2 Å². The number of nitrogens with one attached hydrogen (secondary N) is 1. The van der Waals surface area contributed by atoms with Crippen LogP contribution in [0.1, 0.15) is 33.6 Å². The molecule has 0 aliphatic heterocycles. The van der Waals surface area contributed by atoms with E-state index in [2.05, 4.69) is 38.0 Å². The first-order chi connectivity index (χ1) is 7.53. The van der Waals surface area contributed by atoms with Crippen molar-refractivity contribution in [1.29, 1.82) is 0 Å². The molecule has 0 aromatic heterocycles. The second-order valence-corrected chi connectivity index (χ2v) is 5.67. The molecule has 0 atom stereocenters. The Bertz CT molecular complexity index is 190. The van der Waals surface area contributed by atoms with Crippen LogP contribution in [0.3, 0.4) is 0 Å². The maximum Gasteiger partial charge on any atom is 0.0593 e. The van der Waals surface area contributed by atoms with E-state index in [1.54, 1.807) is 0 Å². The van der Waals surface area contributed by atoms with Crippen molar-refractivity contribution in [2.45, 2.75) is 39.2 Å². The van der Waals surface area contributed by atoms with E-state index in [1.807, 2.05) is 0 Å². The fourth-order valence-electron chi connectivity index (χ4n) is 2.04. The van der Waals surface area contributed by atoms with E-state index in [9.17, 15) is 0 Å². The monoisotopic (exact) mass is 228 g/mol. The standard InChI is InChI=1S/C13H28N2O/c1-5-14-13(2,3)11-15(4)8-9-16-10-12-6-7-12/h12,14H,5-11H2,1-4H3. The smallest absolute Gasteiger partial charge is 0.0593 e. The van der Waals surface area contributed by atoms with Gasteiger partial charge in [-0.25, -0.2) is 0 Å². The van der Waals surface area contributed by atoms with Crippen molar-refractivity contribution in [1.82, 2.24) is 10.2 Å². The predicted molar refractivity (Wildman–Crippen MR) is 68.8 cm³/mol. The Balaban J connectivity index is 2.01. The third-order valence-electron chi connectivity index (χ3n) is 2.99. The maximum atomic E-state index is 5.64. The van der Waals surface area contributed by atoms with Crippen LogP contribution in [0.15, 0.2) is 0 Å². The molecule has 0 bridgehead atoms. The van der Waals surface area contributed by atoms with Gasteiger partial charge in [-0.3, -0.25) is 0 Å². The topological polar surface area (TPSA) is 24.5 Å². The van der Waals surface area contributed by atoms with Crippen LogP contribution >= 0.6 is 0 Å². The summed E-state index contributed by atoms with van der Waals surface area (Å²) in [6, 6.07) is 0. The normalized spacial score (nSPS) is 17.1. The molecule has 0 spiro atoms. The summed E-state index contributed by atoms with van der Waals surface area (Å²) < 4.78 is 5.64. The van der Waals surface area contributed by atoms with Crippen molar-refractivity contribution in [2.75, 3.05) is 39.9 Å². The minimum absolute atomic E-state index is 0.194. The molecule has 96 valence electrons. The average molecular weight is 228 g/mol. The van der Waals surface area contributed by atoms with Crippen LogP contribution in [0.5, 0.6) is 0 Å². The lowest BCUT2D eigenvalue weighted by atomic mass is 10.1. The van der Waals surface area contributed by atoms with Crippen molar-refractivity contribution in [3.8, 4) is 0 Å². The van der Waals surface area contributed by atoms with Gasteiger partial charge in [-0.2, -0.15) is 0 Å². The van der Waals surface area contributed by atoms with Gasteiger partial charge in [0.15, 0.2) is 0 Å². The van der Waals surface area contributed by atoms with Crippen molar-refractivity contribution in [3.05, 3.63) is 0 Å². The lowest BCUT2D eigenvalue weighted by Gasteiger charge is -2.31. The van der Waals surface area contributed by atoms with Crippen molar-refractivity contribution in [3.63, 3.8) is 0 Å². The molecule has 1 rings (SSSR count). The Morgan fingerprint density at radius 2 is 2.06 bits per heavy atom. The number of hydrogen-bond donors (Lipinski definition) is 1. The van der Waals surface area contributed by atoms with Crippen LogP contribution in [0.2, 0.25) is 0 Å². The molecule has 0 radical (unpaired) electrons. The Morgan fingerprint density at radius 1 is 1.38 bits per heavy atom. The number of nitrogens with zero attached hydrogens (tertiary/aromatic N) is 1. The highest BCUT2D eigenvalue weighted by Crippen LogP contribution is 2.28. The van der Waals surface area contributed by atoms with Gasteiger partial charge >= 0.3 is 0 Å². The highest BCUT2D eigenvalue weighted by molar-refractivity contribution is 4.80. The summed E-state index contributed by atoms with van der Waals surface area (Å²) in [5.41, 5.74) is 0.194. The summed E-state index contributed by atoms with van der Waals surface area (Å²) in [6.45, 7) is 11.6. The van der Waals surface area contributed by atoms with E-state index >= 15 is 0 Å². The molecule has 3 nitrogen and oxygen atoms in total. The first-order valence-corrected chi connectivity index (χ1v) is 6.55. The van der Waals surface area contributed by atoms with Gasteiger partial charge in [0, 0.05) is 25.2 Å². The molecule has 1 aliphatic carbocycles. The minimum atomic E-state index is 0.194. The van der Waals surface area contributed by atoms with Gasteiger partial charge in [0.1, 0.15) is 0 Å². The Morgan fingerprint density at radius 3 is 2.62 bits per heavy atom. The van der Waals surface area contributed by atoms with E-state index in [4.69, 9.17) is 4.74 Å². The molecule has 0 saturated heterocycles. The van der Waals surface area contributed by atoms with Crippen LogP contribution < -0.4 is 5.32 Å². The predicted octanol–water partition coefficient (Wildman–Crippen LogP) is 1.73. The van der Waals surface area contributed by atoms with E-state index in [1.165, 1.54) is 12.8 Å². The molecule has 0 aromatic carbocycles. The zero-order valence-corrected chi connectivity index (χ0v) is 11.4. The van der Waals surface area contributed by atoms with E-state index in [0.29, 0.717) is 0 Å². The summed E-state index contributed by atoms with van der Waals surface area (Å²) >= 11 is 0. The van der Waals surface area contributed by atoms with Crippen LogP contribution in [-0.2, 0) is 4.74 Å². The van der Waals surface area contributed by atoms with E-state index in [-0.39, 0.29) is 5.54 Å². The van der Waals surface area contributed by atoms with E-state index < -0.39 is 0 Å². The number of likely N-dealkylation sites (N-methyl/N-ethyl adjacent to an activating group) is 2. The van der Waals surface area contributed by atoms with Crippen LogP contribution in [0, 0.1) is 5.92 Å². The van der Waals surface area contributed by atoms with E-state index in [0.717, 1.165) is 38.8 Å². The summed E-state index contributed by atoms with van der Waals surface area (Å²) in [5.74, 6) is 0.878. The molecule has 0 aromatic rings. The molecule has 3 heteroatoms. The van der Waals surface area contributed by atoms with Crippen LogP contribution in [0.4, 0.5) is 0 Å². The van der Waals surface area contributed by atoms with Crippen molar-refractivity contribution < 1.29 is 4.74 Å². The number of rotatable bonds is 9. The molecule has 1 saturated carbocycles. The van der Waals surface area contributed by atoms with Crippen molar-refractivity contribution in [2.24, 2.45) is 5.92 Å². The van der Waals surface area contributed by atoms with Gasteiger partial charge in [0.2, 0.25) is 0 Å². The summed E-state index contributed by atoms with van der Waals surface area (Å²) in [5, 5.41) is 3.49. The van der Waals surface area contributed by atoms with Gasteiger partial charge in [-0.15, -0.1) is 0 Å². The summed E-state index contributed by atoms with van der Waals surface area (Å²) in [7, 11) is 2.17. The molecule has 16 heavy (non-hydrogen) atoms. The first kappa shape index (κ1) is 13.9. The molecule has 0 heterocycles. The second kappa shape index (κ2) is 6.58. The molecular formula is C13H28N2O. The fourth-order valence-corrected chi connectivity index (χ4v) is 2.04. The first-order valence-electron chi connectivity index (χ1n) is 6.55. The quantitative estimate of drug-likeness (QED) is 0.608. The van der Waals surface area contributed by atoms with Gasteiger partial charge in [0.25, 0.3) is 0 Å². The fraction of sp³-hybridized carbons (Fsp3) is 1.00. The van der Waals surface area contributed by atoms with Crippen LogP contribution in [-0.4, -0.2) is 50.3 Å². The Labute approximate surface area is 101 Å². The molecular weight excluding hydrogens is 200 g/mol. The molecule has 1 N–H and O–H groups in total. The number of hydrogen-bond acceptors (Lipinski definition) is 3. The lowest BCUT2D eigenvalue weighted by molar-refractivity contribution is 0.0964. The Hall–Kier alpha value is -0.120. The highest BCUT2D eigenvalue weighted by Gasteiger charge is 2.21. The highest BCUT2D eigenvalue weighted by atomic mass is 16.5. The SMILES string of the molecule is CCNC(C)(C)CN(C)CCOCC1CC1. The van der Waals surface area contributed by atoms with Gasteiger partial charge in [-0.1, -0.05) is 6.92 Å². The zero-order valence-electron chi connectivity index (χ0n) is 11.4. The maximum absolute atomic E-state index is 5.64. The summed E-state index contributed by atoms with van der Waals surface area (Å²) in [4.78, 5) is 2.34. The third-order valence-corrected chi connectivity index (χ3v) is 2.99. The van der Waals surface area contributed by atoms with Crippen LogP contribution in [0.25, 0.3) is 0 Å². The molecule has 1 fully saturated rings. The zero-order chi connectivity index (χ0) is 12.0. The third kappa shape index (κ3) is 6.46. The lowest BCUT2D eigenvalue weighted by Crippen LogP contribution is -2.48. The summed E-state index contributed by atoms with van der Waals surface area (Å²) in [6.07, 6.45) is 2.76.